The van der Waals surface area contributed by atoms with Crippen LogP contribution in [0.15, 0.2) is 24.3 Å². The number of benzene rings is 1. The van der Waals surface area contributed by atoms with Crippen LogP contribution in [-0.4, -0.2) is 24.0 Å². The Morgan fingerprint density at radius 2 is 2.00 bits per heavy atom. The molecule has 1 aliphatic rings. The number of nitrogens with zero attached hydrogens (tertiary/aromatic N) is 1. The van der Waals surface area contributed by atoms with Crippen LogP contribution in [0.3, 0.4) is 0 Å². The smallest absolute Gasteiger partial charge is 0.0637 e. The Bertz CT molecular complexity index is 544. The number of piperidine rings is 1. The Morgan fingerprint density at radius 1 is 1.28 bits per heavy atom. The summed E-state index contributed by atoms with van der Waals surface area (Å²) in [6.45, 7) is 3.14. The van der Waals surface area contributed by atoms with Crippen LogP contribution in [0.1, 0.15) is 17.7 Å². The zero-order chi connectivity index (χ0) is 12.5. The normalized spacial score (nSPS) is 18.6. The third kappa shape index (κ3) is 2.41. The highest BCUT2D eigenvalue weighted by molar-refractivity contribution is 7.19. The zero-order valence-corrected chi connectivity index (χ0v) is 11.8. The monoisotopic (exact) mass is 280 g/mol. The average Bonchev–Trinajstić information content (AvgIpc) is 2.70. The van der Waals surface area contributed by atoms with Crippen LogP contribution < -0.4 is 5.73 Å². The predicted octanol–water partition coefficient (Wildman–Crippen LogP) is 3.48. The Kier molecular flexibility index (Phi) is 3.57. The van der Waals surface area contributed by atoms with E-state index < -0.39 is 0 Å². The van der Waals surface area contributed by atoms with Crippen molar-refractivity contribution in [2.24, 2.45) is 5.73 Å². The number of fused-ring (bicyclic) bond motifs is 1. The molecular formula is C14H17ClN2S. The van der Waals surface area contributed by atoms with Crippen molar-refractivity contribution in [1.29, 1.82) is 0 Å². The van der Waals surface area contributed by atoms with Crippen molar-refractivity contribution in [3.63, 3.8) is 0 Å². The molecule has 1 aromatic heterocycles. The standard InChI is InChI=1S/C14H17ClN2S/c15-14-11-3-1-2-4-12(11)18-13(14)9-17-7-5-10(16)6-8-17/h1-4,10H,5-9,16H2. The van der Waals surface area contributed by atoms with Crippen molar-refractivity contribution in [3.8, 4) is 0 Å². The molecule has 4 heteroatoms. The SMILES string of the molecule is NC1CCN(Cc2sc3ccccc3c2Cl)CC1. The molecule has 2 N–H and O–H groups in total. The number of halogens is 1. The second kappa shape index (κ2) is 5.17. The molecule has 0 spiro atoms. The molecule has 0 saturated carbocycles. The maximum Gasteiger partial charge on any atom is 0.0637 e. The summed E-state index contributed by atoms with van der Waals surface area (Å²) in [5.74, 6) is 0. The molecule has 2 heterocycles. The minimum absolute atomic E-state index is 0.388. The van der Waals surface area contributed by atoms with Gasteiger partial charge in [-0.25, -0.2) is 0 Å². The van der Waals surface area contributed by atoms with E-state index in [9.17, 15) is 0 Å². The van der Waals surface area contributed by atoms with Gasteiger partial charge in [-0.05, 0) is 32.0 Å². The van der Waals surface area contributed by atoms with Gasteiger partial charge in [0.05, 0.1) is 5.02 Å². The van der Waals surface area contributed by atoms with Crippen LogP contribution in [0.4, 0.5) is 0 Å². The van der Waals surface area contributed by atoms with Gasteiger partial charge in [-0.3, -0.25) is 4.90 Å². The summed E-state index contributed by atoms with van der Waals surface area (Å²) in [4.78, 5) is 3.74. The fourth-order valence-electron chi connectivity index (χ4n) is 2.48. The van der Waals surface area contributed by atoms with Gasteiger partial charge < -0.3 is 5.73 Å². The number of nitrogens with two attached hydrogens (primary N) is 1. The molecule has 1 aromatic carbocycles. The molecule has 0 bridgehead atoms. The number of likely N-dealkylation sites (tertiary alicyclic amines) is 1. The lowest BCUT2D eigenvalue weighted by Gasteiger charge is -2.29. The Labute approximate surface area is 116 Å². The summed E-state index contributed by atoms with van der Waals surface area (Å²) in [5.41, 5.74) is 5.93. The highest BCUT2D eigenvalue weighted by atomic mass is 35.5. The van der Waals surface area contributed by atoms with Crippen molar-refractivity contribution >= 4 is 33.0 Å². The number of thiophene rings is 1. The van der Waals surface area contributed by atoms with Crippen LogP contribution in [-0.2, 0) is 6.54 Å². The number of rotatable bonds is 2. The molecule has 0 radical (unpaired) electrons. The molecule has 96 valence electrons. The summed E-state index contributed by atoms with van der Waals surface area (Å²) < 4.78 is 1.28. The van der Waals surface area contributed by atoms with Crippen LogP contribution >= 0.6 is 22.9 Å². The van der Waals surface area contributed by atoms with Gasteiger partial charge in [0, 0.05) is 27.5 Å². The topological polar surface area (TPSA) is 29.3 Å². The number of hydrogen-bond donors (Lipinski definition) is 1. The molecule has 1 saturated heterocycles. The molecular weight excluding hydrogens is 264 g/mol. The van der Waals surface area contributed by atoms with Crippen LogP contribution in [0.5, 0.6) is 0 Å². The number of hydrogen-bond acceptors (Lipinski definition) is 3. The fourth-order valence-corrected chi connectivity index (χ4v) is 4.02. The molecule has 0 atom stereocenters. The first-order valence-electron chi connectivity index (χ1n) is 6.38. The molecule has 1 fully saturated rings. The van der Waals surface area contributed by atoms with E-state index in [-0.39, 0.29) is 0 Å². The van der Waals surface area contributed by atoms with E-state index >= 15 is 0 Å². The minimum atomic E-state index is 0.388. The zero-order valence-electron chi connectivity index (χ0n) is 10.2. The van der Waals surface area contributed by atoms with Gasteiger partial charge in [0.1, 0.15) is 0 Å². The summed E-state index contributed by atoms with van der Waals surface area (Å²) in [6.07, 6.45) is 2.20. The van der Waals surface area contributed by atoms with Crippen molar-refractivity contribution in [2.45, 2.75) is 25.4 Å². The van der Waals surface area contributed by atoms with Crippen LogP contribution in [0.2, 0.25) is 5.02 Å². The van der Waals surface area contributed by atoms with Crippen molar-refractivity contribution < 1.29 is 0 Å². The predicted molar refractivity (Wildman–Crippen MR) is 79.3 cm³/mol. The average molecular weight is 281 g/mol. The highest BCUT2D eigenvalue weighted by Gasteiger charge is 2.18. The molecule has 0 aliphatic carbocycles. The van der Waals surface area contributed by atoms with Gasteiger partial charge in [0.2, 0.25) is 0 Å². The Balaban J connectivity index is 1.80. The molecule has 18 heavy (non-hydrogen) atoms. The third-order valence-electron chi connectivity index (χ3n) is 3.60. The van der Waals surface area contributed by atoms with Gasteiger partial charge in [-0.2, -0.15) is 0 Å². The highest BCUT2D eigenvalue weighted by Crippen LogP contribution is 2.36. The maximum atomic E-state index is 6.46. The van der Waals surface area contributed by atoms with Crippen molar-refractivity contribution in [2.75, 3.05) is 13.1 Å². The van der Waals surface area contributed by atoms with E-state index in [1.807, 2.05) is 17.4 Å². The van der Waals surface area contributed by atoms with Crippen LogP contribution in [0.25, 0.3) is 10.1 Å². The van der Waals surface area contributed by atoms with Gasteiger partial charge in [-0.15, -0.1) is 11.3 Å². The lowest BCUT2D eigenvalue weighted by atomic mass is 10.1. The maximum absolute atomic E-state index is 6.46. The summed E-state index contributed by atoms with van der Waals surface area (Å²) in [7, 11) is 0. The van der Waals surface area contributed by atoms with E-state index in [0.717, 1.165) is 37.5 Å². The van der Waals surface area contributed by atoms with Crippen molar-refractivity contribution in [1.82, 2.24) is 4.90 Å². The van der Waals surface area contributed by atoms with E-state index in [1.165, 1.54) is 15.0 Å². The molecule has 1 aliphatic heterocycles. The van der Waals surface area contributed by atoms with Gasteiger partial charge in [0.15, 0.2) is 0 Å². The first-order chi connectivity index (χ1) is 8.74. The van der Waals surface area contributed by atoms with Gasteiger partial charge in [0.25, 0.3) is 0 Å². The molecule has 3 rings (SSSR count). The summed E-state index contributed by atoms with van der Waals surface area (Å²) in [6, 6.07) is 8.74. The summed E-state index contributed by atoms with van der Waals surface area (Å²) in [5, 5.41) is 2.12. The molecule has 2 aromatic rings. The second-order valence-corrected chi connectivity index (χ2v) is 6.46. The molecule has 2 nitrogen and oxygen atoms in total. The Hall–Kier alpha value is -0.610. The van der Waals surface area contributed by atoms with Crippen molar-refractivity contribution in [3.05, 3.63) is 34.2 Å². The van der Waals surface area contributed by atoms with Gasteiger partial charge >= 0.3 is 0 Å². The molecule has 0 amide bonds. The first-order valence-corrected chi connectivity index (χ1v) is 7.57. The molecule has 0 unspecified atom stereocenters. The fraction of sp³-hybridized carbons (Fsp3) is 0.429. The van der Waals surface area contributed by atoms with Gasteiger partial charge in [-0.1, -0.05) is 29.8 Å². The quantitative estimate of drug-likeness (QED) is 0.913. The lowest BCUT2D eigenvalue weighted by molar-refractivity contribution is 0.207. The van der Waals surface area contributed by atoms with E-state index in [0.29, 0.717) is 6.04 Å². The lowest BCUT2D eigenvalue weighted by Crippen LogP contribution is -2.39. The first kappa shape index (κ1) is 12.4. The van der Waals surface area contributed by atoms with E-state index in [4.69, 9.17) is 17.3 Å². The minimum Gasteiger partial charge on any atom is -0.328 e. The Morgan fingerprint density at radius 3 is 2.72 bits per heavy atom. The van der Waals surface area contributed by atoms with E-state index in [2.05, 4.69) is 23.1 Å². The second-order valence-electron chi connectivity index (χ2n) is 4.95. The van der Waals surface area contributed by atoms with E-state index in [1.54, 1.807) is 0 Å². The van der Waals surface area contributed by atoms with Crippen LogP contribution in [0, 0.1) is 0 Å². The summed E-state index contributed by atoms with van der Waals surface area (Å²) >= 11 is 8.28. The largest absolute Gasteiger partial charge is 0.328 e. The third-order valence-corrected chi connectivity index (χ3v) is 5.30.